The lowest BCUT2D eigenvalue weighted by Crippen LogP contribution is -2.32. The molecule has 6 heteroatoms. The first-order valence-corrected chi connectivity index (χ1v) is 7.89. The Kier molecular flexibility index (Phi) is 6.44. The Bertz CT molecular complexity index is 471. The van der Waals surface area contributed by atoms with Gasteiger partial charge in [0, 0.05) is 19.6 Å². The van der Waals surface area contributed by atoms with Crippen molar-refractivity contribution in [3.8, 4) is 0 Å². The summed E-state index contributed by atoms with van der Waals surface area (Å²) >= 11 is 0. The second kappa shape index (κ2) is 7.59. The van der Waals surface area contributed by atoms with E-state index in [2.05, 4.69) is 14.9 Å². The molecule has 0 aromatic heterocycles. The van der Waals surface area contributed by atoms with E-state index in [1.165, 1.54) is 0 Å². The SMILES string of the molecule is CCN(C)CCNS(=O)(=O)c1ccc(CNC)cc1. The Balaban J connectivity index is 2.61. The smallest absolute Gasteiger partial charge is 0.240 e. The summed E-state index contributed by atoms with van der Waals surface area (Å²) in [6, 6.07) is 6.92. The van der Waals surface area contributed by atoms with Gasteiger partial charge in [-0.25, -0.2) is 13.1 Å². The molecule has 0 aliphatic heterocycles. The van der Waals surface area contributed by atoms with Crippen LogP contribution in [-0.2, 0) is 16.6 Å². The Morgan fingerprint density at radius 2 is 1.84 bits per heavy atom. The molecule has 0 saturated heterocycles. The lowest BCUT2D eigenvalue weighted by atomic mass is 10.2. The van der Waals surface area contributed by atoms with Crippen molar-refractivity contribution in [2.24, 2.45) is 0 Å². The molecule has 0 spiro atoms. The topological polar surface area (TPSA) is 61.4 Å². The molecule has 1 aromatic carbocycles. The number of hydrogen-bond donors (Lipinski definition) is 2. The van der Waals surface area contributed by atoms with Crippen molar-refractivity contribution in [1.82, 2.24) is 14.9 Å². The van der Waals surface area contributed by atoms with E-state index < -0.39 is 10.0 Å². The maximum atomic E-state index is 12.0. The highest BCUT2D eigenvalue weighted by Gasteiger charge is 2.13. The number of likely N-dealkylation sites (N-methyl/N-ethyl adjacent to an activating group) is 1. The van der Waals surface area contributed by atoms with Gasteiger partial charge >= 0.3 is 0 Å². The molecule has 0 aliphatic carbocycles. The first-order valence-electron chi connectivity index (χ1n) is 6.41. The van der Waals surface area contributed by atoms with Crippen LogP contribution in [0.3, 0.4) is 0 Å². The summed E-state index contributed by atoms with van der Waals surface area (Å²) in [5.41, 5.74) is 1.06. The van der Waals surface area contributed by atoms with Crippen LogP contribution in [0.5, 0.6) is 0 Å². The van der Waals surface area contributed by atoms with Gasteiger partial charge in [0.15, 0.2) is 0 Å². The molecule has 1 rings (SSSR count). The molecule has 108 valence electrons. The fourth-order valence-electron chi connectivity index (χ4n) is 1.60. The quantitative estimate of drug-likeness (QED) is 0.736. The number of sulfonamides is 1. The molecule has 1 aromatic rings. The van der Waals surface area contributed by atoms with Crippen molar-refractivity contribution >= 4 is 10.0 Å². The molecular weight excluding hydrogens is 262 g/mol. The highest BCUT2D eigenvalue weighted by Crippen LogP contribution is 2.10. The highest BCUT2D eigenvalue weighted by atomic mass is 32.2. The van der Waals surface area contributed by atoms with Gasteiger partial charge in [0.05, 0.1) is 4.90 Å². The zero-order chi connectivity index (χ0) is 14.3. The molecule has 0 aliphatic rings. The van der Waals surface area contributed by atoms with Crippen molar-refractivity contribution in [3.63, 3.8) is 0 Å². The lowest BCUT2D eigenvalue weighted by Gasteiger charge is -2.14. The lowest BCUT2D eigenvalue weighted by molar-refractivity contribution is 0.358. The van der Waals surface area contributed by atoms with Gasteiger partial charge < -0.3 is 10.2 Å². The minimum atomic E-state index is -3.39. The van der Waals surface area contributed by atoms with E-state index in [1.807, 2.05) is 33.2 Å². The number of benzene rings is 1. The number of nitrogens with one attached hydrogen (secondary N) is 2. The summed E-state index contributed by atoms with van der Waals surface area (Å²) in [5.74, 6) is 0. The Morgan fingerprint density at radius 3 is 2.37 bits per heavy atom. The molecule has 19 heavy (non-hydrogen) atoms. The first kappa shape index (κ1) is 16.1. The number of hydrogen-bond acceptors (Lipinski definition) is 4. The fraction of sp³-hybridized carbons (Fsp3) is 0.538. The Morgan fingerprint density at radius 1 is 1.21 bits per heavy atom. The average Bonchev–Trinajstić information content (AvgIpc) is 2.39. The second-order valence-corrected chi connectivity index (χ2v) is 6.23. The highest BCUT2D eigenvalue weighted by molar-refractivity contribution is 7.89. The summed E-state index contributed by atoms with van der Waals surface area (Å²) in [7, 11) is 0.424. The summed E-state index contributed by atoms with van der Waals surface area (Å²) < 4.78 is 26.7. The van der Waals surface area contributed by atoms with Crippen LogP contribution in [0.15, 0.2) is 29.2 Å². The van der Waals surface area contributed by atoms with Crippen molar-refractivity contribution in [3.05, 3.63) is 29.8 Å². The molecule has 0 fully saturated rings. The van der Waals surface area contributed by atoms with Gasteiger partial charge in [0.2, 0.25) is 10.0 Å². The maximum absolute atomic E-state index is 12.0. The van der Waals surface area contributed by atoms with E-state index >= 15 is 0 Å². The minimum absolute atomic E-state index is 0.312. The Hall–Kier alpha value is -0.950. The Labute approximate surface area is 116 Å². The largest absolute Gasteiger partial charge is 0.316 e. The predicted molar refractivity (Wildman–Crippen MR) is 77.6 cm³/mol. The fourth-order valence-corrected chi connectivity index (χ4v) is 2.62. The van der Waals surface area contributed by atoms with Crippen LogP contribution < -0.4 is 10.0 Å². The number of rotatable bonds is 8. The maximum Gasteiger partial charge on any atom is 0.240 e. The summed E-state index contributed by atoms with van der Waals surface area (Å²) in [6.07, 6.45) is 0. The summed E-state index contributed by atoms with van der Waals surface area (Å²) in [5, 5.41) is 3.02. The monoisotopic (exact) mass is 285 g/mol. The molecule has 0 radical (unpaired) electrons. The van der Waals surface area contributed by atoms with Crippen molar-refractivity contribution in [1.29, 1.82) is 0 Å². The summed E-state index contributed by atoms with van der Waals surface area (Å²) in [6.45, 7) is 4.79. The van der Waals surface area contributed by atoms with E-state index in [0.717, 1.165) is 18.7 Å². The van der Waals surface area contributed by atoms with Gasteiger partial charge in [-0.3, -0.25) is 0 Å². The normalized spacial score (nSPS) is 12.0. The zero-order valence-corrected chi connectivity index (χ0v) is 12.6. The van der Waals surface area contributed by atoms with E-state index in [-0.39, 0.29) is 0 Å². The van der Waals surface area contributed by atoms with E-state index in [4.69, 9.17) is 0 Å². The third-order valence-electron chi connectivity index (χ3n) is 2.94. The molecule has 0 atom stereocenters. The van der Waals surface area contributed by atoms with Gasteiger partial charge in [-0.2, -0.15) is 0 Å². The predicted octanol–water partition coefficient (Wildman–Crippen LogP) is 0.636. The summed E-state index contributed by atoms with van der Waals surface area (Å²) in [4.78, 5) is 2.37. The van der Waals surface area contributed by atoms with Crippen LogP contribution in [0.25, 0.3) is 0 Å². The molecule has 0 heterocycles. The van der Waals surface area contributed by atoms with Gasteiger partial charge in [0.1, 0.15) is 0 Å². The third kappa shape index (κ3) is 5.28. The molecule has 0 amide bonds. The van der Waals surface area contributed by atoms with Crippen LogP contribution >= 0.6 is 0 Å². The van der Waals surface area contributed by atoms with Crippen LogP contribution in [0.1, 0.15) is 12.5 Å². The van der Waals surface area contributed by atoms with Crippen molar-refractivity contribution in [2.75, 3.05) is 33.7 Å². The van der Waals surface area contributed by atoms with Crippen LogP contribution in [0.4, 0.5) is 0 Å². The zero-order valence-electron chi connectivity index (χ0n) is 11.8. The molecule has 0 saturated carbocycles. The van der Waals surface area contributed by atoms with Gasteiger partial charge in [0.25, 0.3) is 0 Å². The molecule has 0 unspecified atom stereocenters. The standard InChI is InChI=1S/C13H23N3O2S/c1-4-16(3)10-9-15-19(17,18)13-7-5-12(6-8-13)11-14-2/h5-8,14-15H,4,9-11H2,1-3H3. The third-order valence-corrected chi connectivity index (χ3v) is 4.42. The van der Waals surface area contributed by atoms with E-state index in [0.29, 0.717) is 18.0 Å². The van der Waals surface area contributed by atoms with Gasteiger partial charge in [-0.1, -0.05) is 19.1 Å². The van der Waals surface area contributed by atoms with Gasteiger partial charge in [-0.15, -0.1) is 0 Å². The minimum Gasteiger partial charge on any atom is -0.316 e. The van der Waals surface area contributed by atoms with Crippen molar-refractivity contribution < 1.29 is 8.42 Å². The molecule has 2 N–H and O–H groups in total. The van der Waals surface area contributed by atoms with Crippen LogP contribution in [0.2, 0.25) is 0 Å². The van der Waals surface area contributed by atoms with Crippen LogP contribution in [-0.4, -0.2) is 47.0 Å². The van der Waals surface area contributed by atoms with Crippen LogP contribution in [0, 0.1) is 0 Å². The molecular formula is C13H23N3O2S. The second-order valence-electron chi connectivity index (χ2n) is 4.47. The van der Waals surface area contributed by atoms with E-state index in [9.17, 15) is 8.42 Å². The van der Waals surface area contributed by atoms with E-state index in [1.54, 1.807) is 12.1 Å². The van der Waals surface area contributed by atoms with Gasteiger partial charge in [-0.05, 0) is 38.3 Å². The molecule has 5 nitrogen and oxygen atoms in total. The van der Waals surface area contributed by atoms with Crippen molar-refractivity contribution in [2.45, 2.75) is 18.4 Å². The number of nitrogens with zero attached hydrogens (tertiary/aromatic N) is 1. The average molecular weight is 285 g/mol. The molecule has 0 bridgehead atoms. The first-order chi connectivity index (χ1) is 8.99.